The molecule has 1 saturated heterocycles. The van der Waals surface area contributed by atoms with E-state index in [2.05, 4.69) is 35.2 Å². The second kappa shape index (κ2) is 5.55. The van der Waals surface area contributed by atoms with E-state index in [1.54, 1.807) is 0 Å². The lowest BCUT2D eigenvalue weighted by molar-refractivity contribution is 0.0925. The molecule has 1 saturated carbocycles. The zero-order valence-electron chi connectivity index (χ0n) is 10.0. The van der Waals surface area contributed by atoms with Gasteiger partial charge in [0.05, 0.1) is 0 Å². The van der Waals surface area contributed by atoms with E-state index in [1.165, 1.54) is 45.3 Å². The third kappa shape index (κ3) is 2.89. The van der Waals surface area contributed by atoms with Gasteiger partial charge in [0.25, 0.3) is 0 Å². The smallest absolute Gasteiger partial charge is 0.0195 e. The van der Waals surface area contributed by atoms with Gasteiger partial charge >= 0.3 is 0 Å². The minimum absolute atomic E-state index is 0.745. The fraction of sp³-hybridized carbons (Fsp3) is 1.00. The Balaban J connectivity index is 1.83. The Hall–Kier alpha value is 0.270. The summed E-state index contributed by atoms with van der Waals surface area (Å²) in [4.78, 5) is 2.74. The van der Waals surface area contributed by atoms with Crippen molar-refractivity contribution in [3.8, 4) is 0 Å². The van der Waals surface area contributed by atoms with Crippen molar-refractivity contribution < 1.29 is 0 Å². The average molecular weight is 228 g/mol. The summed E-state index contributed by atoms with van der Waals surface area (Å²) >= 11 is 2.06. The second-order valence-corrected chi connectivity index (χ2v) is 6.10. The van der Waals surface area contributed by atoms with Gasteiger partial charge in [-0.05, 0) is 38.9 Å². The molecule has 1 heterocycles. The first-order valence-corrected chi connectivity index (χ1v) is 7.59. The van der Waals surface area contributed by atoms with Crippen LogP contribution < -0.4 is 5.32 Å². The van der Waals surface area contributed by atoms with Crippen LogP contribution in [-0.2, 0) is 0 Å². The zero-order valence-corrected chi connectivity index (χ0v) is 10.9. The standard InChI is InChI=1S/C12H24N2S/c1-10-9-13-7-8-14(10)11-3-5-12(15-2)6-4-11/h10-13H,3-9H2,1-2H3. The van der Waals surface area contributed by atoms with Crippen LogP contribution in [0.2, 0.25) is 0 Å². The number of hydrogen-bond donors (Lipinski definition) is 1. The normalized spacial score (nSPS) is 39.2. The lowest BCUT2D eigenvalue weighted by Gasteiger charge is -2.42. The quantitative estimate of drug-likeness (QED) is 0.778. The number of nitrogens with zero attached hydrogens (tertiary/aromatic N) is 1. The number of nitrogens with one attached hydrogen (secondary N) is 1. The zero-order chi connectivity index (χ0) is 10.7. The molecule has 1 atom stereocenters. The Kier molecular flexibility index (Phi) is 4.35. The third-order valence-corrected chi connectivity index (χ3v) is 5.14. The molecule has 1 unspecified atom stereocenters. The minimum atomic E-state index is 0.745. The van der Waals surface area contributed by atoms with E-state index in [0.29, 0.717) is 0 Å². The molecule has 2 fully saturated rings. The highest BCUT2D eigenvalue weighted by Gasteiger charge is 2.29. The largest absolute Gasteiger partial charge is 0.314 e. The van der Waals surface area contributed by atoms with Crippen molar-refractivity contribution in [3.05, 3.63) is 0 Å². The van der Waals surface area contributed by atoms with Gasteiger partial charge in [-0.15, -0.1) is 0 Å². The molecule has 2 aliphatic rings. The summed E-state index contributed by atoms with van der Waals surface area (Å²) in [5.74, 6) is 0. The molecule has 0 aromatic rings. The highest BCUT2D eigenvalue weighted by atomic mass is 32.2. The average Bonchev–Trinajstić information content (AvgIpc) is 2.30. The van der Waals surface area contributed by atoms with Gasteiger partial charge in [0.2, 0.25) is 0 Å². The van der Waals surface area contributed by atoms with Crippen LogP contribution in [0.1, 0.15) is 32.6 Å². The maximum atomic E-state index is 3.48. The van der Waals surface area contributed by atoms with Crippen molar-refractivity contribution in [2.24, 2.45) is 0 Å². The first-order valence-electron chi connectivity index (χ1n) is 6.30. The Bertz CT molecular complexity index is 190. The van der Waals surface area contributed by atoms with Gasteiger partial charge in [0.1, 0.15) is 0 Å². The van der Waals surface area contributed by atoms with E-state index in [0.717, 1.165) is 17.3 Å². The van der Waals surface area contributed by atoms with Crippen molar-refractivity contribution in [2.75, 3.05) is 25.9 Å². The van der Waals surface area contributed by atoms with Gasteiger partial charge in [-0.3, -0.25) is 4.90 Å². The van der Waals surface area contributed by atoms with E-state index in [9.17, 15) is 0 Å². The summed E-state index contributed by atoms with van der Waals surface area (Å²) in [6.07, 6.45) is 7.98. The summed E-state index contributed by atoms with van der Waals surface area (Å²) in [5, 5.41) is 4.42. The monoisotopic (exact) mass is 228 g/mol. The van der Waals surface area contributed by atoms with Crippen LogP contribution in [0.5, 0.6) is 0 Å². The van der Waals surface area contributed by atoms with E-state index in [4.69, 9.17) is 0 Å². The topological polar surface area (TPSA) is 15.3 Å². The molecule has 2 nitrogen and oxygen atoms in total. The molecule has 0 radical (unpaired) electrons. The highest BCUT2D eigenvalue weighted by molar-refractivity contribution is 7.99. The SMILES string of the molecule is CSC1CCC(N2CCNCC2C)CC1. The summed E-state index contributed by atoms with van der Waals surface area (Å²) < 4.78 is 0. The molecule has 15 heavy (non-hydrogen) atoms. The van der Waals surface area contributed by atoms with Crippen molar-refractivity contribution in [3.63, 3.8) is 0 Å². The molecule has 2 rings (SSSR count). The van der Waals surface area contributed by atoms with Gasteiger partial charge in [0.15, 0.2) is 0 Å². The Morgan fingerprint density at radius 3 is 2.53 bits per heavy atom. The van der Waals surface area contributed by atoms with E-state index in [1.807, 2.05) is 0 Å². The summed E-state index contributed by atoms with van der Waals surface area (Å²) in [6, 6.07) is 1.63. The second-order valence-electron chi connectivity index (χ2n) is 4.96. The van der Waals surface area contributed by atoms with Gasteiger partial charge in [-0.2, -0.15) is 11.8 Å². The van der Waals surface area contributed by atoms with Crippen molar-refractivity contribution in [1.82, 2.24) is 10.2 Å². The Labute approximate surface area is 98.2 Å². The van der Waals surface area contributed by atoms with Crippen LogP contribution in [-0.4, -0.2) is 48.1 Å². The van der Waals surface area contributed by atoms with E-state index >= 15 is 0 Å². The van der Waals surface area contributed by atoms with Crippen LogP contribution in [0.3, 0.4) is 0 Å². The van der Waals surface area contributed by atoms with Gasteiger partial charge in [-0.1, -0.05) is 0 Å². The van der Waals surface area contributed by atoms with Crippen molar-refractivity contribution in [2.45, 2.75) is 49.9 Å². The minimum Gasteiger partial charge on any atom is -0.314 e. The van der Waals surface area contributed by atoms with Crippen molar-refractivity contribution in [1.29, 1.82) is 0 Å². The molecule has 0 spiro atoms. The summed E-state index contributed by atoms with van der Waals surface area (Å²) in [6.45, 7) is 6.00. The van der Waals surface area contributed by atoms with Gasteiger partial charge in [-0.25, -0.2) is 0 Å². The molecule has 1 aliphatic heterocycles. The van der Waals surface area contributed by atoms with Gasteiger partial charge in [0, 0.05) is 37.0 Å². The Morgan fingerprint density at radius 1 is 1.20 bits per heavy atom. The first-order chi connectivity index (χ1) is 7.31. The molecule has 0 aromatic heterocycles. The van der Waals surface area contributed by atoms with E-state index < -0.39 is 0 Å². The number of thioether (sulfide) groups is 1. The Morgan fingerprint density at radius 2 is 1.93 bits per heavy atom. The lowest BCUT2D eigenvalue weighted by Crippen LogP contribution is -2.54. The number of rotatable bonds is 2. The van der Waals surface area contributed by atoms with Crippen LogP contribution >= 0.6 is 11.8 Å². The van der Waals surface area contributed by atoms with Crippen LogP contribution in [0, 0.1) is 0 Å². The van der Waals surface area contributed by atoms with Crippen LogP contribution in [0.15, 0.2) is 0 Å². The summed E-state index contributed by atoms with van der Waals surface area (Å²) in [5.41, 5.74) is 0. The molecule has 0 bridgehead atoms. The van der Waals surface area contributed by atoms with Crippen molar-refractivity contribution >= 4 is 11.8 Å². The predicted molar refractivity (Wildman–Crippen MR) is 68.6 cm³/mol. The highest BCUT2D eigenvalue weighted by Crippen LogP contribution is 2.30. The molecule has 0 aromatic carbocycles. The number of hydrogen-bond acceptors (Lipinski definition) is 3. The maximum absolute atomic E-state index is 3.48. The fourth-order valence-electron chi connectivity index (χ4n) is 3.01. The molecular weight excluding hydrogens is 204 g/mol. The maximum Gasteiger partial charge on any atom is 0.0195 e. The van der Waals surface area contributed by atoms with Crippen LogP contribution in [0.4, 0.5) is 0 Å². The molecule has 3 heteroatoms. The van der Waals surface area contributed by atoms with Crippen LogP contribution in [0.25, 0.3) is 0 Å². The predicted octanol–water partition coefficient (Wildman–Crippen LogP) is 1.95. The molecule has 0 amide bonds. The molecule has 1 N–H and O–H groups in total. The lowest BCUT2D eigenvalue weighted by atomic mass is 9.92. The third-order valence-electron chi connectivity index (χ3n) is 4.00. The fourth-order valence-corrected chi connectivity index (χ4v) is 3.76. The molecular formula is C12H24N2S. The summed E-state index contributed by atoms with van der Waals surface area (Å²) in [7, 11) is 0. The molecule has 88 valence electrons. The first kappa shape index (κ1) is 11.7. The van der Waals surface area contributed by atoms with Gasteiger partial charge < -0.3 is 5.32 Å². The number of piperazine rings is 1. The van der Waals surface area contributed by atoms with E-state index in [-0.39, 0.29) is 0 Å². The molecule has 1 aliphatic carbocycles.